The van der Waals surface area contributed by atoms with Crippen LogP contribution in [-0.2, 0) is 6.54 Å². The number of rotatable bonds is 5. The monoisotopic (exact) mass is 326 g/mol. The van der Waals surface area contributed by atoms with Gasteiger partial charge in [0.05, 0.1) is 6.04 Å². The second kappa shape index (κ2) is 6.57. The molecule has 4 heteroatoms. The van der Waals surface area contributed by atoms with Crippen LogP contribution in [-0.4, -0.2) is 28.8 Å². The third kappa shape index (κ3) is 3.31. The van der Waals surface area contributed by atoms with E-state index in [1.165, 1.54) is 0 Å². The molecule has 0 spiro atoms. The van der Waals surface area contributed by atoms with Crippen molar-refractivity contribution in [2.75, 3.05) is 7.05 Å². The highest BCUT2D eigenvalue weighted by molar-refractivity contribution is 6.30. The van der Waals surface area contributed by atoms with Gasteiger partial charge in [-0.25, -0.2) is 0 Å². The maximum absolute atomic E-state index is 12.8. The number of H-pyrrole nitrogens is 1. The zero-order valence-electron chi connectivity index (χ0n) is 13.2. The van der Waals surface area contributed by atoms with Crippen LogP contribution in [0.15, 0.2) is 54.7 Å². The summed E-state index contributed by atoms with van der Waals surface area (Å²) in [6.45, 7) is 2.65. The van der Waals surface area contributed by atoms with Crippen LogP contribution in [0, 0.1) is 0 Å². The van der Waals surface area contributed by atoms with Gasteiger partial charge in [0, 0.05) is 34.2 Å². The molecule has 0 amide bonds. The Kier molecular flexibility index (Phi) is 4.51. The number of carbonyl (C=O) groups excluding carboxylic acids is 1. The number of halogens is 1. The predicted octanol–water partition coefficient (Wildman–Crippen LogP) is 4.52. The first-order valence-corrected chi connectivity index (χ1v) is 7.99. The molecule has 0 saturated carbocycles. The second-order valence-electron chi connectivity index (χ2n) is 5.83. The summed E-state index contributed by atoms with van der Waals surface area (Å²) in [5.41, 5.74) is 2.87. The standard InChI is InChI=1S/C19H19ClN2O/c1-13(22(2)12-14-7-9-15(20)10-8-14)19(23)17-11-21-18-6-4-3-5-16(17)18/h3-11,13,21H,12H2,1-2H3/t13-/m1/s1. The summed E-state index contributed by atoms with van der Waals surface area (Å²) >= 11 is 5.91. The second-order valence-corrected chi connectivity index (χ2v) is 6.27. The van der Waals surface area contributed by atoms with Crippen molar-refractivity contribution in [2.24, 2.45) is 0 Å². The first kappa shape index (κ1) is 15.8. The van der Waals surface area contributed by atoms with Crippen LogP contribution >= 0.6 is 11.6 Å². The van der Waals surface area contributed by atoms with Crippen molar-refractivity contribution in [2.45, 2.75) is 19.5 Å². The minimum atomic E-state index is -0.204. The molecule has 3 rings (SSSR count). The van der Waals surface area contributed by atoms with E-state index in [9.17, 15) is 4.79 Å². The maximum atomic E-state index is 12.8. The van der Waals surface area contributed by atoms with E-state index in [-0.39, 0.29) is 11.8 Å². The minimum absolute atomic E-state index is 0.124. The Morgan fingerprint density at radius 3 is 2.61 bits per heavy atom. The van der Waals surface area contributed by atoms with Gasteiger partial charge in [-0.05, 0) is 37.7 Å². The summed E-state index contributed by atoms with van der Waals surface area (Å²) in [5, 5.41) is 1.70. The van der Waals surface area contributed by atoms with Crippen LogP contribution in [0.2, 0.25) is 5.02 Å². The molecule has 0 saturated heterocycles. The molecule has 2 aromatic carbocycles. The van der Waals surface area contributed by atoms with Gasteiger partial charge in [-0.15, -0.1) is 0 Å². The zero-order valence-corrected chi connectivity index (χ0v) is 14.0. The lowest BCUT2D eigenvalue weighted by atomic mass is 10.0. The number of fused-ring (bicyclic) bond motifs is 1. The van der Waals surface area contributed by atoms with Crippen molar-refractivity contribution in [1.29, 1.82) is 0 Å². The molecule has 0 radical (unpaired) electrons. The quantitative estimate of drug-likeness (QED) is 0.699. The van der Waals surface area contributed by atoms with Gasteiger partial charge in [0.15, 0.2) is 5.78 Å². The Hall–Kier alpha value is -2.10. The number of nitrogens with one attached hydrogen (secondary N) is 1. The third-order valence-electron chi connectivity index (χ3n) is 4.24. The Balaban J connectivity index is 1.77. The summed E-state index contributed by atoms with van der Waals surface area (Å²) in [4.78, 5) is 18.0. The van der Waals surface area contributed by atoms with Gasteiger partial charge >= 0.3 is 0 Å². The van der Waals surface area contributed by atoms with E-state index in [4.69, 9.17) is 11.6 Å². The Morgan fingerprint density at radius 2 is 1.87 bits per heavy atom. The average Bonchev–Trinajstić information content (AvgIpc) is 2.99. The number of aromatic nitrogens is 1. The summed E-state index contributed by atoms with van der Waals surface area (Å²) in [6.07, 6.45) is 1.81. The number of aromatic amines is 1. The third-order valence-corrected chi connectivity index (χ3v) is 4.49. The fourth-order valence-corrected chi connectivity index (χ4v) is 2.84. The Bertz CT molecular complexity index is 823. The van der Waals surface area contributed by atoms with Gasteiger partial charge in [0.1, 0.15) is 0 Å². The molecule has 0 aliphatic carbocycles. The molecule has 3 nitrogen and oxygen atoms in total. The number of Topliss-reactive ketones (excluding diaryl/α,β-unsaturated/α-hetero) is 1. The van der Waals surface area contributed by atoms with Crippen LogP contribution in [0.5, 0.6) is 0 Å². The lowest BCUT2D eigenvalue weighted by Gasteiger charge is -2.23. The summed E-state index contributed by atoms with van der Waals surface area (Å²) < 4.78 is 0. The van der Waals surface area contributed by atoms with E-state index < -0.39 is 0 Å². The zero-order chi connectivity index (χ0) is 16.4. The molecule has 0 aliphatic rings. The molecular formula is C19H19ClN2O. The number of para-hydroxylation sites is 1. The fourth-order valence-electron chi connectivity index (χ4n) is 2.72. The number of likely N-dealkylation sites (N-methyl/N-ethyl adjacent to an activating group) is 1. The summed E-state index contributed by atoms with van der Waals surface area (Å²) in [6, 6.07) is 15.4. The molecule has 1 heterocycles. The SMILES string of the molecule is C[C@H](C(=O)c1c[nH]c2ccccc12)N(C)Cc1ccc(Cl)cc1. The van der Waals surface area contributed by atoms with Crippen molar-refractivity contribution in [3.63, 3.8) is 0 Å². The van der Waals surface area contributed by atoms with Gasteiger partial charge in [-0.3, -0.25) is 9.69 Å². The molecule has 0 unspecified atom stereocenters. The molecule has 1 N–H and O–H groups in total. The highest BCUT2D eigenvalue weighted by Gasteiger charge is 2.22. The van der Waals surface area contributed by atoms with E-state index in [1.807, 2.05) is 67.4 Å². The minimum Gasteiger partial charge on any atom is -0.360 e. The van der Waals surface area contributed by atoms with Crippen molar-refractivity contribution < 1.29 is 4.79 Å². The molecule has 3 aromatic rings. The lowest BCUT2D eigenvalue weighted by Crippen LogP contribution is -2.35. The normalized spacial score (nSPS) is 12.7. The number of hydrogen-bond donors (Lipinski definition) is 1. The molecule has 118 valence electrons. The number of benzene rings is 2. The van der Waals surface area contributed by atoms with E-state index in [1.54, 1.807) is 6.20 Å². The van der Waals surface area contributed by atoms with Crippen molar-refractivity contribution in [3.8, 4) is 0 Å². The molecule has 23 heavy (non-hydrogen) atoms. The largest absolute Gasteiger partial charge is 0.360 e. The van der Waals surface area contributed by atoms with E-state index in [0.717, 1.165) is 27.1 Å². The predicted molar refractivity (Wildman–Crippen MR) is 95.0 cm³/mol. The van der Waals surface area contributed by atoms with Crippen LogP contribution in [0.4, 0.5) is 0 Å². The average molecular weight is 327 g/mol. The van der Waals surface area contributed by atoms with Crippen LogP contribution < -0.4 is 0 Å². The molecule has 0 aliphatic heterocycles. The van der Waals surface area contributed by atoms with Crippen LogP contribution in [0.25, 0.3) is 10.9 Å². The highest BCUT2D eigenvalue weighted by atomic mass is 35.5. The molecule has 0 fully saturated rings. The fraction of sp³-hybridized carbons (Fsp3) is 0.211. The Labute approximate surface area is 140 Å². The molecule has 1 aromatic heterocycles. The highest BCUT2D eigenvalue weighted by Crippen LogP contribution is 2.21. The van der Waals surface area contributed by atoms with Crippen LogP contribution in [0.3, 0.4) is 0 Å². The van der Waals surface area contributed by atoms with Crippen molar-refractivity contribution in [3.05, 3.63) is 70.9 Å². The first-order valence-electron chi connectivity index (χ1n) is 7.61. The topological polar surface area (TPSA) is 36.1 Å². The van der Waals surface area contributed by atoms with Crippen molar-refractivity contribution in [1.82, 2.24) is 9.88 Å². The Morgan fingerprint density at radius 1 is 1.17 bits per heavy atom. The number of ketones is 1. The smallest absolute Gasteiger partial charge is 0.181 e. The number of hydrogen-bond acceptors (Lipinski definition) is 2. The molecule has 1 atom stereocenters. The van der Waals surface area contributed by atoms with Gasteiger partial charge in [-0.1, -0.05) is 41.9 Å². The van der Waals surface area contributed by atoms with Gasteiger partial charge in [0.2, 0.25) is 0 Å². The van der Waals surface area contributed by atoms with E-state index in [0.29, 0.717) is 6.54 Å². The van der Waals surface area contributed by atoms with Gasteiger partial charge in [-0.2, -0.15) is 0 Å². The van der Waals surface area contributed by atoms with Gasteiger partial charge in [0.25, 0.3) is 0 Å². The summed E-state index contributed by atoms with van der Waals surface area (Å²) in [7, 11) is 1.96. The van der Waals surface area contributed by atoms with Crippen molar-refractivity contribution >= 4 is 28.3 Å². The van der Waals surface area contributed by atoms with E-state index in [2.05, 4.69) is 4.98 Å². The lowest BCUT2D eigenvalue weighted by molar-refractivity contribution is 0.0864. The number of nitrogens with zero attached hydrogens (tertiary/aromatic N) is 1. The summed E-state index contributed by atoms with van der Waals surface area (Å²) in [5.74, 6) is 0.124. The maximum Gasteiger partial charge on any atom is 0.181 e. The van der Waals surface area contributed by atoms with Crippen LogP contribution in [0.1, 0.15) is 22.8 Å². The molecular weight excluding hydrogens is 308 g/mol. The molecule has 0 bridgehead atoms. The van der Waals surface area contributed by atoms with E-state index >= 15 is 0 Å². The number of carbonyl (C=O) groups is 1. The van der Waals surface area contributed by atoms with Gasteiger partial charge < -0.3 is 4.98 Å². The first-order chi connectivity index (χ1) is 11.1.